The van der Waals surface area contributed by atoms with Crippen LogP contribution in [0.5, 0.6) is 0 Å². The third kappa shape index (κ3) is 4.45. The summed E-state index contributed by atoms with van der Waals surface area (Å²) in [5.41, 5.74) is 0. The van der Waals surface area contributed by atoms with E-state index in [1.807, 2.05) is 0 Å². The van der Waals surface area contributed by atoms with Crippen LogP contribution in [0.25, 0.3) is 0 Å². The molecule has 4 unspecified atom stereocenters. The van der Waals surface area contributed by atoms with Crippen molar-refractivity contribution in [2.24, 2.45) is 5.92 Å². The molecule has 3 N–H and O–H groups in total. The van der Waals surface area contributed by atoms with E-state index < -0.39 is 12.0 Å². The molecule has 0 aromatic carbocycles. The summed E-state index contributed by atoms with van der Waals surface area (Å²) in [5, 5.41) is 8.32. The molecule has 3 aliphatic heterocycles. The number of amides is 3. The zero-order chi connectivity index (χ0) is 17.8. The lowest BCUT2D eigenvalue weighted by Gasteiger charge is -2.28. The van der Waals surface area contributed by atoms with E-state index >= 15 is 0 Å². The first-order chi connectivity index (χ1) is 12.1. The maximum absolute atomic E-state index is 12.6. The molecular formula is C16H26N4O4S. The number of carbonyl (C=O) groups is 3. The van der Waals surface area contributed by atoms with E-state index in [-0.39, 0.29) is 29.8 Å². The molecule has 25 heavy (non-hydrogen) atoms. The van der Waals surface area contributed by atoms with Gasteiger partial charge in [0.2, 0.25) is 11.8 Å². The average molecular weight is 370 g/mol. The Hall–Kier alpha value is -1.32. The molecule has 4 atom stereocenters. The standard InChI is InChI=1S/C16H26N4O4S/c1-2-24-16(23)19-13(21)10-6-8-25-15(10)18-14(22)11-9-20-7-4-3-5-12(20)17-11/h10-12,15,17H,2-9H2,1H3,(H,18,22)(H,19,21,23). The van der Waals surface area contributed by atoms with Crippen LogP contribution in [-0.4, -0.2) is 65.8 Å². The summed E-state index contributed by atoms with van der Waals surface area (Å²) in [7, 11) is 0. The highest BCUT2D eigenvalue weighted by Crippen LogP contribution is 2.31. The average Bonchev–Trinajstić information content (AvgIpc) is 3.21. The van der Waals surface area contributed by atoms with Crippen molar-refractivity contribution in [3.63, 3.8) is 0 Å². The normalized spacial score (nSPS) is 32.0. The Morgan fingerprint density at radius 2 is 2.08 bits per heavy atom. The van der Waals surface area contributed by atoms with Crippen LogP contribution in [0.1, 0.15) is 32.6 Å². The first-order valence-corrected chi connectivity index (χ1v) is 10.0. The molecule has 0 aromatic heterocycles. The zero-order valence-electron chi connectivity index (χ0n) is 14.5. The van der Waals surface area contributed by atoms with Gasteiger partial charge in [0.05, 0.1) is 24.1 Å². The van der Waals surface area contributed by atoms with E-state index in [9.17, 15) is 14.4 Å². The number of nitrogens with one attached hydrogen (secondary N) is 3. The molecule has 0 bridgehead atoms. The van der Waals surface area contributed by atoms with E-state index in [2.05, 4.69) is 20.9 Å². The minimum atomic E-state index is -0.733. The topological polar surface area (TPSA) is 99.8 Å². The predicted octanol–water partition coefficient (Wildman–Crippen LogP) is 0.238. The second-order valence-electron chi connectivity index (χ2n) is 6.63. The molecule has 3 saturated heterocycles. The fraction of sp³-hybridized carbons (Fsp3) is 0.812. The number of carbonyl (C=O) groups excluding carboxylic acids is 3. The second-order valence-corrected chi connectivity index (χ2v) is 7.88. The molecule has 3 fully saturated rings. The minimum absolute atomic E-state index is 0.0669. The molecule has 8 nitrogen and oxygen atoms in total. The highest BCUT2D eigenvalue weighted by atomic mass is 32.2. The summed E-state index contributed by atoms with van der Waals surface area (Å²) in [6.07, 6.45) is 3.64. The Labute approximate surface area is 151 Å². The number of piperidine rings is 1. The van der Waals surface area contributed by atoms with E-state index in [1.165, 1.54) is 12.8 Å². The Morgan fingerprint density at radius 3 is 2.84 bits per heavy atom. The molecule has 0 aromatic rings. The Bertz CT molecular complexity index is 518. The van der Waals surface area contributed by atoms with Crippen LogP contribution in [0.15, 0.2) is 0 Å². The first-order valence-electron chi connectivity index (χ1n) is 8.98. The molecule has 0 aliphatic carbocycles. The molecule has 0 spiro atoms. The van der Waals surface area contributed by atoms with Gasteiger partial charge in [-0.2, -0.15) is 0 Å². The fourth-order valence-electron chi connectivity index (χ4n) is 3.68. The lowest BCUT2D eigenvalue weighted by molar-refractivity contribution is -0.125. The summed E-state index contributed by atoms with van der Waals surface area (Å²) in [6.45, 7) is 3.64. The minimum Gasteiger partial charge on any atom is -0.450 e. The van der Waals surface area contributed by atoms with Crippen LogP contribution < -0.4 is 16.0 Å². The fourth-order valence-corrected chi connectivity index (χ4v) is 5.01. The van der Waals surface area contributed by atoms with Gasteiger partial charge >= 0.3 is 6.09 Å². The number of nitrogens with zero attached hydrogens (tertiary/aromatic N) is 1. The van der Waals surface area contributed by atoms with Crippen molar-refractivity contribution >= 4 is 29.7 Å². The monoisotopic (exact) mass is 370 g/mol. The van der Waals surface area contributed by atoms with Gasteiger partial charge < -0.3 is 10.1 Å². The lowest BCUT2D eigenvalue weighted by atomic mass is 10.1. The van der Waals surface area contributed by atoms with Crippen LogP contribution in [0, 0.1) is 5.92 Å². The number of imide groups is 1. The molecule has 3 rings (SSSR count). The van der Waals surface area contributed by atoms with Crippen LogP contribution >= 0.6 is 11.8 Å². The molecular weight excluding hydrogens is 344 g/mol. The third-order valence-corrected chi connectivity index (χ3v) is 6.23. The van der Waals surface area contributed by atoms with E-state index in [1.54, 1.807) is 18.7 Å². The van der Waals surface area contributed by atoms with Gasteiger partial charge in [-0.25, -0.2) is 4.79 Å². The van der Waals surface area contributed by atoms with Crippen LogP contribution in [-0.2, 0) is 14.3 Å². The van der Waals surface area contributed by atoms with Crippen molar-refractivity contribution < 1.29 is 19.1 Å². The predicted molar refractivity (Wildman–Crippen MR) is 93.8 cm³/mol. The first kappa shape index (κ1) is 18.5. The highest BCUT2D eigenvalue weighted by Gasteiger charge is 2.40. The summed E-state index contributed by atoms with van der Waals surface area (Å²) < 4.78 is 4.74. The number of fused-ring (bicyclic) bond motifs is 1. The largest absolute Gasteiger partial charge is 0.450 e. The quantitative estimate of drug-likeness (QED) is 0.652. The summed E-state index contributed by atoms with van der Waals surface area (Å²) in [6, 6.07) is -0.238. The highest BCUT2D eigenvalue weighted by molar-refractivity contribution is 8.00. The number of hydrogen-bond donors (Lipinski definition) is 3. The van der Waals surface area contributed by atoms with Crippen LogP contribution in [0.2, 0.25) is 0 Å². The molecule has 3 heterocycles. The van der Waals surface area contributed by atoms with E-state index in [0.29, 0.717) is 19.1 Å². The van der Waals surface area contributed by atoms with Gasteiger partial charge in [-0.05, 0) is 44.9 Å². The van der Waals surface area contributed by atoms with Gasteiger partial charge in [0, 0.05) is 6.54 Å². The van der Waals surface area contributed by atoms with Crippen molar-refractivity contribution in [3.05, 3.63) is 0 Å². The third-order valence-electron chi connectivity index (χ3n) is 4.95. The van der Waals surface area contributed by atoms with Gasteiger partial charge in [0.1, 0.15) is 6.04 Å². The van der Waals surface area contributed by atoms with Gasteiger partial charge in [-0.1, -0.05) is 0 Å². The lowest BCUT2D eigenvalue weighted by Crippen LogP contribution is -2.50. The van der Waals surface area contributed by atoms with Gasteiger partial charge in [-0.3, -0.25) is 25.1 Å². The van der Waals surface area contributed by atoms with Crippen molar-refractivity contribution in [1.82, 2.24) is 20.9 Å². The van der Waals surface area contributed by atoms with Crippen molar-refractivity contribution in [2.45, 2.75) is 50.2 Å². The SMILES string of the molecule is CCOC(=O)NC(=O)C1CCSC1NC(=O)C1CN2CCCCC2N1. The summed E-state index contributed by atoms with van der Waals surface area (Å²) >= 11 is 1.55. The molecule has 0 saturated carbocycles. The van der Waals surface area contributed by atoms with Gasteiger partial charge in [-0.15, -0.1) is 11.8 Å². The summed E-state index contributed by atoms with van der Waals surface area (Å²) in [4.78, 5) is 38.6. The maximum Gasteiger partial charge on any atom is 0.413 e. The number of hydrogen-bond acceptors (Lipinski definition) is 7. The number of alkyl carbamates (subject to hydrolysis) is 1. The maximum atomic E-state index is 12.6. The molecule has 9 heteroatoms. The van der Waals surface area contributed by atoms with Crippen LogP contribution in [0.3, 0.4) is 0 Å². The van der Waals surface area contributed by atoms with Crippen molar-refractivity contribution in [1.29, 1.82) is 0 Å². The van der Waals surface area contributed by atoms with Crippen molar-refractivity contribution in [2.75, 3.05) is 25.4 Å². The Morgan fingerprint density at radius 1 is 1.24 bits per heavy atom. The number of ether oxygens (including phenoxy) is 1. The van der Waals surface area contributed by atoms with E-state index in [0.717, 1.165) is 18.7 Å². The second kappa shape index (κ2) is 8.37. The molecule has 0 radical (unpaired) electrons. The van der Waals surface area contributed by atoms with Gasteiger partial charge in [0.15, 0.2) is 0 Å². The van der Waals surface area contributed by atoms with Gasteiger partial charge in [0.25, 0.3) is 0 Å². The Balaban J connectivity index is 1.51. The Kier molecular flexibility index (Phi) is 6.19. The van der Waals surface area contributed by atoms with Crippen molar-refractivity contribution in [3.8, 4) is 0 Å². The smallest absolute Gasteiger partial charge is 0.413 e. The van der Waals surface area contributed by atoms with Crippen LogP contribution in [0.4, 0.5) is 4.79 Å². The number of thioether (sulfide) groups is 1. The molecule has 3 amide bonds. The number of rotatable bonds is 4. The zero-order valence-corrected chi connectivity index (χ0v) is 15.3. The summed E-state index contributed by atoms with van der Waals surface area (Å²) in [5.74, 6) is -0.0887. The molecule has 3 aliphatic rings. The molecule has 140 valence electrons. The van der Waals surface area contributed by atoms with E-state index in [4.69, 9.17) is 4.74 Å².